The number of aliphatic hydroxyl groups is 3. The molecule has 9 rings (SSSR count). The summed E-state index contributed by atoms with van der Waals surface area (Å²) in [6.45, 7) is -7.51. The minimum Gasteiger partial charge on any atom is -0.387 e. The van der Waals surface area contributed by atoms with Crippen molar-refractivity contribution in [3.63, 3.8) is 0 Å². The number of phosphoric ester groups is 2. The second-order valence-electron chi connectivity index (χ2n) is 16.9. The number of aromatic amines is 2. The van der Waals surface area contributed by atoms with Gasteiger partial charge in [-0.3, -0.25) is 46.8 Å². The Hall–Kier alpha value is -4.73. The number of ether oxygens (including phenoxy) is 5. The molecule has 6 aromatic heterocycles. The largest absolute Gasteiger partial charge is 0.490 e. The van der Waals surface area contributed by atoms with E-state index >= 15 is 0 Å². The third kappa shape index (κ3) is 11.5. The van der Waals surface area contributed by atoms with Crippen LogP contribution in [-0.4, -0.2) is 184 Å². The van der Waals surface area contributed by atoms with Crippen LogP contribution in [0.1, 0.15) is 18.7 Å². The van der Waals surface area contributed by atoms with Crippen LogP contribution in [0.3, 0.4) is 0 Å². The third-order valence-electron chi connectivity index (χ3n) is 12.0. The van der Waals surface area contributed by atoms with Crippen LogP contribution in [0, 0.1) is 0 Å². The highest BCUT2D eigenvalue weighted by Crippen LogP contribution is 2.68. The molecule has 3 aliphatic rings. The smallest absolute Gasteiger partial charge is 0.387 e. The van der Waals surface area contributed by atoms with Gasteiger partial charge in [-0.25, -0.2) is 38.2 Å². The summed E-state index contributed by atoms with van der Waals surface area (Å²) in [7, 11) is -12.4. The number of nitrogens with one attached hydrogen (secondary N) is 3. The monoisotopic (exact) mass is 1190 g/mol. The van der Waals surface area contributed by atoms with Crippen LogP contribution in [0.25, 0.3) is 33.5 Å². The van der Waals surface area contributed by atoms with Crippen LogP contribution in [0.15, 0.2) is 34.9 Å². The molecule has 3 saturated heterocycles. The molecule has 38 nitrogen and oxygen atoms in total. The molecule has 77 heavy (non-hydrogen) atoms. The Morgan fingerprint density at radius 3 is 1.96 bits per heavy atom. The predicted molar refractivity (Wildman–Crippen MR) is 256 cm³/mol. The Morgan fingerprint density at radius 1 is 0.727 bits per heavy atom. The Kier molecular flexibility index (Phi) is 16.1. The summed E-state index contributed by atoms with van der Waals surface area (Å²) in [5, 5.41) is 35.9. The number of phosphoric acid groups is 3. The fourth-order valence-corrected chi connectivity index (χ4v) is 13.7. The topological polar surface area (TPSA) is 520 Å². The van der Waals surface area contributed by atoms with E-state index in [9.17, 15) is 58.2 Å². The number of rotatable bonds is 21. The van der Waals surface area contributed by atoms with Gasteiger partial charge in [0.25, 0.3) is 17.1 Å². The van der Waals surface area contributed by atoms with Crippen LogP contribution < -0.4 is 32.5 Å². The summed E-state index contributed by atoms with van der Waals surface area (Å²) in [4.78, 5) is 97.4. The number of methoxy groups -OCH3 is 2. The maximum atomic E-state index is 13.3. The quantitative estimate of drug-likeness (QED) is 0.0246. The molecule has 0 aliphatic carbocycles. The number of hydrogen-bond acceptors (Lipinski definition) is 29. The molecule has 422 valence electrons. The lowest BCUT2D eigenvalue weighted by atomic mass is 10.1. The molecule has 0 aromatic carbocycles. The fraction of sp³-hybridized carbons (Fsp3) is 0.559. The minimum absolute atomic E-state index is 0.0279. The highest BCUT2D eigenvalue weighted by molar-refractivity contribution is 8.07. The number of anilines is 3. The summed E-state index contributed by atoms with van der Waals surface area (Å²) < 4.78 is 103. The lowest BCUT2D eigenvalue weighted by molar-refractivity contribution is -0.745. The number of aryl methyl sites for hydroxylation is 1. The van der Waals surface area contributed by atoms with Crippen LogP contribution in [0.5, 0.6) is 0 Å². The van der Waals surface area contributed by atoms with Crippen molar-refractivity contribution in [2.24, 2.45) is 7.05 Å². The van der Waals surface area contributed by atoms with E-state index in [2.05, 4.69) is 53.8 Å². The van der Waals surface area contributed by atoms with E-state index in [1.54, 1.807) is 7.05 Å². The first-order valence-electron chi connectivity index (χ1n) is 22.0. The minimum atomic E-state index is -6.14. The summed E-state index contributed by atoms with van der Waals surface area (Å²) in [5.74, 6) is -0.260. The number of fused-ring (bicyclic) bond motifs is 3. The Bertz CT molecular complexity index is 3510. The Balaban J connectivity index is 0.872. The van der Waals surface area contributed by atoms with E-state index in [1.807, 2.05) is 0 Å². The van der Waals surface area contributed by atoms with Crippen molar-refractivity contribution in [1.29, 1.82) is 0 Å². The lowest BCUT2D eigenvalue weighted by Crippen LogP contribution is -2.46. The molecular formula is C34H48N15O23P4S+. The molecule has 0 bridgehead atoms. The molecule has 3 fully saturated rings. The van der Waals surface area contributed by atoms with Crippen molar-refractivity contribution >= 4 is 93.2 Å². The van der Waals surface area contributed by atoms with Crippen molar-refractivity contribution in [2.45, 2.75) is 73.6 Å². The molecule has 0 radical (unpaired) electrons. The molecule has 16 atom stereocenters. The average Bonchev–Trinajstić information content (AvgIpc) is 4.21. The van der Waals surface area contributed by atoms with Gasteiger partial charge in [0.05, 0.1) is 39.5 Å². The van der Waals surface area contributed by atoms with Crippen LogP contribution in [0.2, 0.25) is 0 Å². The molecule has 0 amide bonds. The van der Waals surface area contributed by atoms with E-state index in [4.69, 9.17) is 65.1 Å². The van der Waals surface area contributed by atoms with Crippen molar-refractivity contribution in [1.82, 2.24) is 53.6 Å². The molecule has 43 heteroatoms. The molecule has 6 aromatic rings. The van der Waals surface area contributed by atoms with Crippen LogP contribution in [-0.2, 0) is 83.0 Å². The number of imidazole rings is 3. The summed E-state index contributed by atoms with van der Waals surface area (Å²) in [5.41, 5.74) is 10.2. The number of nitrogen functional groups attached to an aromatic ring is 2. The Morgan fingerprint density at radius 2 is 1.31 bits per heavy atom. The maximum absolute atomic E-state index is 13.3. The summed E-state index contributed by atoms with van der Waals surface area (Å²) >= 11 is 5.32. The zero-order valence-corrected chi connectivity index (χ0v) is 44.2. The molecule has 9 heterocycles. The number of hydrogen-bond donors (Lipinski definition) is 12. The van der Waals surface area contributed by atoms with Gasteiger partial charge in [-0.1, -0.05) is 4.98 Å². The highest BCUT2D eigenvalue weighted by Gasteiger charge is 2.53. The number of aromatic nitrogens is 12. The van der Waals surface area contributed by atoms with Crippen molar-refractivity contribution in [3.05, 3.63) is 46.0 Å². The second kappa shape index (κ2) is 21.7. The van der Waals surface area contributed by atoms with Gasteiger partial charge in [0.2, 0.25) is 17.7 Å². The van der Waals surface area contributed by atoms with E-state index < -0.39 is 135 Å². The van der Waals surface area contributed by atoms with Gasteiger partial charge in [-0.05, 0) is 11.8 Å². The highest BCUT2D eigenvalue weighted by atomic mass is 32.5. The molecule has 0 spiro atoms. The van der Waals surface area contributed by atoms with E-state index in [-0.39, 0.29) is 51.2 Å². The summed E-state index contributed by atoms with van der Waals surface area (Å²) in [6, 6.07) is 0. The van der Waals surface area contributed by atoms with Gasteiger partial charge in [0.15, 0.2) is 41.4 Å². The average molecular weight is 1190 g/mol. The van der Waals surface area contributed by atoms with Crippen LogP contribution in [0.4, 0.5) is 17.7 Å². The number of nitrogens with two attached hydrogens (primary N) is 2. The molecular weight excluding hydrogens is 1140 g/mol. The SMILES string of the molecule is CNc1ncnc2c1ncn2[C@@H]1O[C@H](COP(=O)(O)OP(=O)(O)OP(=O)(O)OC[C@H]2O[C@@H]([n+]3cn(C)c4c(=O)[nH]c(N)nc43)C(O)[C@H]2OC)C(OP(O)(=S)OC[C@H]2O[C@@H](n3cnc4c(=O)[nH]c(N)nc43)[C@@H](O)C2O)[C@@H]1OC. The van der Waals surface area contributed by atoms with Gasteiger partial charge in [0.1, 0.15) is 66.8 Å². The molecule has 3 aliphatic heterocycles. The number of aliphatic hydroxyl groups excluding tert-OH is 3. The lowest BCUT2D eigenvalue weighted by Gasteiger charge is -2.28. The summed E-state index contributed by atoms with van der Waals surface area (Å²) in [6.07, 6.45) is -13.1. The van der Waals surface area contributed by atoms with Gasteiger partial charge >= 0.3 is 35.8 Å². The Labute approximate surface area is 433 Å². The van der Waals surface area contributed by atoms with Crippen molar-refractivity contribution < 1.29 is 104 Å². The van der Waals surface area contributed by atoms with Gasteiger partial charge in [0, 0.05) is 21.3 Å². The molecule has 14 N–H and O–H groups in total. The first-order chi connectivity index (χ1) is 36.2. The zero-order chi connectivity index (χ0) is 55.7. The number of nitrogens with zero attached hydrogens (tertiary/aromatic N) is 10. The standard InChI is InChI=1S/C34H47N15O23P4S/c1-37-24-15-25(39-8-38-24)47(9-40-15)32-23(63-4)22(70-76(61,77)66-5-12-18(50)19(51)30(67-12)48-10-41-16-26(48)42-33(35)44-28(16)53)14(69-32)7-65-74(57,58)72-75(59,60)71-73(55,56)64-6-13-21(62-3)20(52)31(68-13)49-11-46(2)17-27(49)43-34(36)45-29(17)54/h8-14,18-23,30-32,50-52H,5-7H2,1-4H3,(H10-,35,36,37,38,39,42,43,44,45,53,54,55,56,57,58,59,60,61,77)/p+1/t12-,13-,14-,18?,19+,20?,21+,22?,23+,30-,31-,32-,76?/m1/s1. The first-order valence-corrected chi connectivity index (χ1v) is 29.1. The maximum Gasteiger partial charge on any atom is 0.490 e. The van der Waals surface area contributed by atoms with Crippen LogP contribution >= 0.6 is 30.2 Å². The van der Waals surface area contributed by atoms with Gasteiger partial charge in [-0.15, -0.1) is 0 Å². The van der Waals surface area contributed by atoms with Crippen molar-refractivity contribution in [3.8, 4) is 0 Å². The zero-order valence-electron chi connectivity index (χ0n) is 39.8. The molecule has 0 saturated carbocycles. The predicted octanol–water partition coefficient (Wildman–Crippen LogP) is -3.48. The van der Waals surface area contributed by atoms with Gasteiger partial charge in [-0.2, -0.15) is 13.6 Å². The molecule has 7 unspecified atom stereocenters. The fourth-order valence-electron chi connectivity index (χ4n) is 8.73. The van der Waals surface area contributed by atoms with Crippen molar-refractivity contribution in [2.75, 3.05) is 57.9 Å². The van der Waals surface area contributed by atoms with E-state index in [0.29, 0.717) is 0 Å². The number of H-pyrrole nitrogens is 2. The van der Waals surface area contributed by atoms with E-state index in [1.165, 1.54) is 46.8 Å². The van der Waals surface area contributed by atoms with E-state index in [0.717, 1.165) is 18.0 Å². The second-order valence-corrected chi connectivity index (χ2v) is 24.3. The first kappa shape index (κ1) is 57.0. The van der Waals surface area contributed by atoms with Gasteiger partial charge < -0.3 is 79.9 Å². The normalized spacial score (nSPS) is 30.0. The third-order valence-corrected chi connectivity index (χ3v) is 17.8.